The quantitative estimate of drug-likeness (QED) is 0.674. The van der Waals surface area contributed by atoms with Gasteiger partial charge in [-0.1, -0.05) is 19.1 Å². The van der Waals surface area contributed by atoms with Gasteiger partial charge >= 0.3 is 18.0 Å². The largest absolute Gasteiger partial charge is 0.463 e. The molecule has 0 bridgehead atoms. The molecule has 0 saturated carbocycles. The lowest BCUT2D eigenvalue weighted by atomic mass is 10.2. The van der Waals surface area contributed by atoms with Crippen molar-refractivity contribution >= 4 is 23.4 Å². The molecule has 0 radical (unpaired) electrons. The predicted molar refractivity (Wildman–Crippen MR) is 62.5 cm³/mol. The summed E-state index contributed by atoms with van der Waals surface area (Å²) in [5, 5.41) is 1.61. The van der Waals surface area contributed by atoms with E-state index in [0.29, 0.717) is 10.6 Å². The highest BCUT2D eigenvalue weighted by atomic mass is 32.2. The van der Waals surface area contributed by atoms with E-state index in [2.05, 4.69) is 0 Å². The Hall–Kier alpha value is -1.31. The molecule has 1 aromatic carbocycles. The van der Waals surface area contributed by atoms with Gasteiger partial charge in [-0.05, 0) is 17.9 Å². The third kappa shape index (κ3) is 3.59. The highest BCUT2D eigenvalue weighted by molar-refractivity contribution is 7.99. The van der Waals surface area contributed by atoms with Gasteiger partial charge in [0.25, 0.3) is 0 Å². The molecule has 1 rings (SSSR count). The fourth-order valence-electron chi connectivity index (χ4n) is 1.18. The zero-order valence-corrected chi connectivity index (χ0v) is 10.5. The van der Waals surface area contributed by atoms with Crippen LogP contribution in [0.4, 0.5) is 27.6 Å². The Bertz CT molecular complexity index is 461. The number of hydrogen-bond donors (Lipinski definition) is 1. The lowest BCUT2D eigenvalue weighted by Gasteiger charge is -2.19. The molecule has 0 atom stereocenters. The summed E-state index contributed by atoms with van der Waals surface area (Å²) in [5.74, 6) is -7.22. The van der Waals surface area contributed by atoms with Crippen LogP contribution in [-0.4, -0.2) is 23.8 Å². The standard InChI is InChI=1S/C11H10F5NOS/c1-2-19-8-6-4-3-5-7(8)17-9(18)10(12,13)11(14,15)16/h3-6H,2H2,1H3,(H,17,18). The lowest BCUT2D eigenvalue weighted by molar-refractivity contribution is -0.267. The molecule has 0 aliphatic heterocycles. The van der Waals surface area contributed by atoms with E-state index >= 15 is 0 Å². The maximum absolute atomic E-state index is 12.8. The molecule has 1 amide bonds. The average molecular weight is 299 g/mol. The molecule has 19 heavy (non-hydrogen) atoms. The van der Waals surface area contributed by atoms with Crippen LogP contribution < -0.4 is 5.32 Å². The molecule has 0 unspecified atom stereocenters. The van der Waals surface area contributed by atoms with Gasteiger partial charge in [0.05, 0.1) is 5.69 Å². The summed E-state index contributed by atoms with van der Waals surface area (Å²) in [6.07, 6.45) is -5.91. The van der Waals surface area contributed by atoms with Crippen molar-refractivity contribution in [2.75, 3.05) is 11.1 Å². The number of anilines is 1. The summed E-state index contributed by atoms with van der Waals surface area (Å²) in [7, 11) is 0. The molecule has 0 aliphatic rings. The second-order valence-electron chi connectivity index (χ2n) is 3.46. The monoisotopic (exact) mass is 299 g/mol. The molecule has 106 valence electrons. The van der Waals surface area contributed by atoms with Crippen molar-refractivity contribution in [3.05, 3.63) is 24.3 Å². The minimum absolute atomic E-state index is 0.0664. The molecule has 0 fully saturated rings. The number of hydrogen-bond acceptors (Lipinski definition) is 2. The van der Waals surface area contributed by atoms with E-state index in [1.807, 2.05) is 0 Å². The van der Waals surface area contributed by atoms with Crippen molar-refractivity contribution in [2.45, 2.75) is 23.9 Å². The first-order valence-electron chi connectivity index (χ1n) is 5.18. The first-order chi connectivity index (χ1) is 8.70. The van der Waals surface area contributed by atoms with Crippen LogP contribution >= 0.6 is 11.8 Å². The third-order valence-corrected chi connectivity index (χ3v) is 3.03. The van der Waals surface area contributed by atoms with E-state index < -0.39 is 18.0 Å². The molecule has 2 nitrogen and oxygen atoms in total. The lowest BCUT2D eigenvalue weighted by Crippen LogP contribution is -2.47. The van der Waals surface area contributed by atoms with Gasteiger partial charge in [-0.2, -0.15) is 22.0 Å². The molecular weight excluding hydrogens is 289 g/mol. The number of para-hydroxylation sites is 1. The predicted octanol–water partition coefficient (Wildman–Crippen LogP) is 3.93. The van der Waals surface area contributed by atoms with Crippen LogP contribution in [0.3, 0.4) is 0 Å². The van der Waals surface area contributed by atoms with Gasteiger partial charge in [-0.3, -0.25) is 4.79 Å². The van der Waals surface area contributed by atoms with Crippen LogP contribution in [0.25, 0.3) is 0 Å². The highest BCUT2D eigenvalue weighted by Gasteiger charge is 2.63. The van der Waals surface area contributed by atoms with Gasteiger partial charge < -0.3 is 5.32 Å². The van der Waals surface area contributed by atoms with Gasteiger partial charge in [0.15, 0.2) is 0 Å². The Labute approximate surface area is 110 Å². The number of benzene rings is 1. The van der Waals surface area contributed by atoms with Gasteiger partial charge in [0.1, 0.15) is 0 Å². The van der Waals surface area contributed by atoms with Crippen LogP contribution in [0.5, 0.6) is 0 Å². The Kier molecular flexibility index (Phi) is 4.78. The normalized spacial score (nSPS) is 12.3. The third-order valence-electron chi connectivity index (χ3n) is 2.08. The second-order valence-corrected chi connectivity index (χ2v) is 4.76. The maximum Gasteiger partial charge on any atom is 0.463 e. The summed E-state index contributed by atoms with van der Waals surface area (Å²) in [6.45, 7) is 1.79. The van der Waals surface area contributed by atoms with Crippen molar-refractivity contribution < 1.29 is 26.7 Å². The van der Waals surface area contributed by atoms with E-state index in [0.717, 1.165) is 0 Å². The molecule has 8 heteroatoms. The van der Waals surface area contributed by atoms with Crippen molar-refractivity contribution in [1.29, 1.82) is 0 Å². The number of rotatable bonds is 4. The summed E-state index contributed by atoms with van der Waals surface area (Å²) in [5.41, 5.74) is -0.0664. The van der Waals surface area contributed by atoms with Crippen LogP contribution in [0.2, 0.25) is 0 Å². The number of alkyl halides is 5. The van der Waals surface area contributed by atoms with Crippen molar-refractivity contribution in [3.63, 3.8) is 0 Å². The SMILES string of the molecule is CCSc1ccccc1NC(=O)C(F)(F)C(F)(F)F. The first kappa shape index (κ1) is 15.7. The van der Waals surface area contributed by atoms with Crippen LogP contribution in [0, 0.1) is 0 Å². The summed E-state index contributed by atoms with van der Waals surface area (Å²) in [6, 6.07) is 5.81. The average Bonchev–Trinajstić information content (AvgIpc) is 2.30. The second kappa shape index (κ2) is 5.77. The molecule has 0 saturated heterocycles. The number of carbonyl (C=O) groups is 1. The molecule has 1 N–H and O–H groups in total. The number of carbonyl (C=O) groups excluding carboxylic acids is 1. The van der Waals surface area contributed by atoms with E-state index in [4.69, 9.17) is 0 Å². The molecule has 0 spiro atoms. The number of nitrogens with one attached hydrogen (secondary N) is 1. The zero-order valence-electron chi connectivity index (χ0n) is 9.72. The highest BCUT2D eigenvalue weighted by Crippen LogP contribution is 2.37. The topological polar surface area (TPSA) is 29.1 Å². The van der Waals surface area contributed by atoms with E-state index in [-0.39, 0.29) is 5.69 Å². The van der Waals surface area contributed by atoms with Gasteiger partial charge in [-0.25, -0.2) is 0 Å². The molecule has 0 aromatic heterocycles. The zero-order chi connectivity index (χ0) is 14.7. The summed E-state index contributed by atoms with van der Waals surface area (Å²) < 4.78 is 61.6. The first-order valence-corrected chi connectivity index (χ1v) is 6.16. The Morgan fingerprint density at radius 2 is 1.79 bits per heavy atom. The summed E-state index contributed by atoms with van der Waals surface area (Å²) >= 11 is 1.22. The Morgan fingerprint density at radius 1 is 1.21 bits per heavy atom. The van der Waals surface area contributed by atoms with Crippen molar-refractivity contribution in [3.8, 4) is 0 Å². The fraction of sp³-hybridized carbons (Fsp3) is 0.364. The van der Waals surface area contributed by atoms with Gasteiger partial charge in [0.2, 0.25) is 0 Å². The minimum atomic E-state index is -5.91. The maximum atomic E-state index is 12.8. The number of amides is 1. The Morgan fingerprint density at radius 3 is 2.32 bits per heavy atom. The Balaban J connectivity index is 2.94. The number of halogens is 5. The number of thioether (sulfide) groups is 1. The van der Waals surface area contributed by atoms with E-state index in [1.54, 1.807) is 18.3 Å². The van der Waals surface area contributed by atoms with Gasteiger partial charge in [0, 0.05) is 4.90 Å². The van der Waals surface area contributed by atoms with E-state index in [1.165, 1.54) is 30.0 Å². The smallest absolute Gasteiger partial charge is 0.319 e. The molecular formula is C11H10F5NOS. The van der Waals surface area contributed by atoms with Crippen molar-refractivity contribution in [1.82, 2.24) is 0 Å². The van der Waals surface area contributed by atoms with Crippen LogP contribution in [-0.2, 0) is 4.79 Å². The fourth-order valence-corrected chi connectivity index (χ4v) is 1.94. The molecule has 0 aliphatic carbocycles. The van der Waals surface area contributed by atoms with Crippen molar-refractivity contribution in [2.24, 2.45) is 0 Å². The van der Waals surface area contributed by atoms with E-state index in [9.17, 15) is 26.7 Å². The van der Waals surface area contributed by atoms with Gasteiger partial charge in [-0.15, -0.1) is 11.8 Å². The van der Waals surface area contributed by atoms with Crippen LogP contribution in [0.15, 0.2) is 29.2 Å². The minimum Gasteiger partial charge on any atom is -0.319 e. The van der Waals surface area contributed by atoms with Crippen LogP contribution in [0.1, 0.15) is 6.92 Å². The molecule has 0 heterocycles. The molecule has 1 aromatic rings. The summed E-state index contributed by atoms with van der Waals surface area (Å²) in [4.78, 5) is 11.5.